The molecule has 21 heavy (non-hydrogen) atoms. The number of hydrogen-bond donors (Lipinski definition) is 1. The lowest BCUT2D eigenvalue weighted by atomic mass is 10.2. The number of hydrogen-bond acceptors (Lipinski definition) is 4. The summed E-state index contributed by atoms with van der Waals surface area (Å²) in [6.07, 6.45) is 2.35. The molecule has 2 aromatic rings. The smallest absolute Gasteiger partial charge is 0.180 e. The summed E-state index contributed by atoms with van der Waals surface area (Å²) in [4.78, 5) is 4.67. The highest BCUT2D eigenvalue weighted by molar-refractivity contribution is 7.91. The van der Waals surface area contributed by atoms with E-state index in [2.05, 4.69) is 10.3 Å². The van der Waals surface area contributed by atoms with E-state index in [9.17, 15) is 8.42 Å². The third-order valence-electron chi connectivity index (χ3n) is 3.26. The molecule has 0 atom stereocenters. The van der Waals surface area contributed by atoms with Gasteiger partial charge in [-0.15, -0.1) is 0 Å². The first-order chi connectivity index (χ1) is 10.0. The molecule has 0 saturated heterocycles. The SMILES string of the molecule is CCCS(=O)(=O)c1ccccc1NCc1ncccc1C. The number of sulfone groups is 1. The molecule has 0 amide bonds. The number of nitrogens with one attached hydrogen (secondary N) is 1. The van der Waals surface area contributed by atoms with E-state index >= 15 is 0 Å². The molecule has 0 spiro atoms. The minimum absolute atomic E-state index is 0.161. The Kier molecular flexibility index (Phi) is 4.96. The summed E-state index contributed by atoms with van der Waals surface area (Å²) in [5.41, 5.74) is 2.63. The van der Waals surface area contributed by atoms with Crippen molar-refractivity contribution in [2.45, 2.75) is 31.7 Å². The molecule has 112 valence electrons. The van der Waals surface area contributed by atoms with Crippen LogP contribution in [0.25, 0.3) is 0 Å². The van der Waals surface area contributed by atoms with Gasteiger partial charge in [0, 0.05) is 6.20 Å². The average molecular weight is 304 g/mol. The van der Waals surface area contributed by atoms with E-state index in [4.69, 9.17) is 0 Å². The number of rotatable bonds is 6. The Hall–Kier alpha value is -1.88. The molecule has 1 N–H and O–H groups in total. The van der Waals surface area contributed by atoms with Crippen LogP contribution in [0.1, 0.15) is 24.6 Å². The third-order valence-corrected chi connectivity index (χ3v) is 5.23. The first kappa shape index (κ1) is 15.5. The van der Waals surface area contributed by atoms with E-state index in [-0.39, 0.29) is 5.75 Å². The summed E-state index contributed by atoms with van der Waals surface area (Å²) >= 11 is 0. The van der Waals surface area contributed by atoms with Gasteiger partial charge in [-0.1, -0.05) is 25.1 Å². The number of pyridine rings is 1. The van der Waals surface area contributed by atoms with Crippen molar-refractivity contribution >= 4 is 15.5 Å². The lowest BCUT2D eigenvalue weighted by Crippen LogP contribution is -2.11. The maximum atomic E-state index is 12.3. The molecule has 5 heteroatoms. The average Bonchev–Trinajstić information content (AvgIpc) is 2.47. The number of anilines is 1. The van der Waals surface area contributed by atoms with E-state index in [1.807, 2.05) is 32.0 Å². The van der Waals surface area contributed by atoms with Crippen LogP contribution >= 0.6 is 0 Å². The van der Waals surface area contributed by atoms with Crippen molar-refractivity contribution < 1.29 is 8.42 Å². The molecule has 0 saturated carbocycles. The summed E-state index contributed by atoms with van der Waals surface area (Å²) in [5.74, 6) is 0.161. The molecular formula is C16H20N2O2S. The zero-order valence-electron chi connectivity index (χ0n) is 12.3. The van der Waals surface area contributed by atoms with Crippen LogP contribution in [0, 0.1) is 6.92 Å². The highest BCUT2D eigenvalue weighted by Gasteiger charge is 2.17. The Morgan fingerprint density at radius 3 is 2.62 bits per heavy atom. The van der Waals surface area contributed by atoms with Gasteiger partial charge in [0.15, 0.2) is 9.84 Å². The number of aryl methyl sites for hydroxylation is 1. The molecule has 0 aliphatic heterocycles. The highest BCUT2D eigenvalue weighted by atomic mass is 32.2. The second-order valence-corrected chi connectivity index (χ2v) is 7.01. The maximum absolute atomic E-state index is 12.3. The largest absolute Gasteiger partial charge is 0.378 e. The van der Waals surface area contributed by atoms with Gasteiger partial charge < -0.3 is 5.32 Å². The molecule has 2 rings (SSSR count). The quantitative estimate of drug-likeness (QED) is 0.890. The van der Waals surface area contributed by atoms with Gasteiger partial charge in [-0.05, 0) is 37.1 Å². The zero-order chi connectivity index (χ0) is 15.3. The summed E-state index contributed by atoms with van der Waals surface area (Å²) in [6, 6.07) is 10.9. The second-order valence-electron chi connectivity index (χ2n) is 4.94. The molecular weight excluding hydrogens is 284 g/mol. The summed E-state index contributed by atoms with van der Waals surface area (Å²) < 4.78 is 24.6. The molecule has 1 heterocycles. The number of aromatic nitrogens is 1. The van der Waals surface area contributed by atoms with Gasteiger partial charge in [0.05, 0.1) is 28.6 Å². The van der Waals surface area contributed by atoms with E-state index in [1.54, 1.807) is 24.4 Å². The third kappa shape index (κ3) is 3.82. The Morgan fingerprint density at radius 1 is 1.14 bits per heavy atom. The van der Waals surface area contributed by atoms with Gasteiger partial charge in [0.25, 0.3) is 0 Å². The normalized spacial score (nSPS) is 11.3. The molecule has 0 fully saturated rings. The molecule has 0 unspecified atom stereocenters. The highest BCUT2D eigenvalue weighted by Crippen LogP contribution is 2.23. The van der Waals surface area contributed by atoms with Crippen molar-refractivity contribution in [3.8, 4) is 0 Å². The predicted octanol–water partition coefficient (Wildman–Crippen LogP) is 3.19. The van der Waals surface area contributed by atoms with Crippen LogP contribution in [0.2, 0.25) is 0 Å². The van der Waals surface area contributed by atoms with Crippen LogP contribution in [-0.4, -0.2) is 19.2 Å². The fourth-order valence-corrected chi connectivity index (χ4v) is 3.66. The Bertz CT molecular complexity index is 712. The van der Waals surface area contributed by atoms with Gasteiger partial charge in [0.2, 0.25) is 0 Å². The van der Waals surface area contributed by atoms with Crippen LogP contribution in [0.4, 0.5) is 5.69 Å². The molecule has 0 bridgehead atoms. The Balaban J connectivity index is 2.24. The van der Waals surface area contributed by atoms with Gasteiger partial charge >= 0.3 is 0 Å². The summed E-state index contributed by atoms with van der Waals surface area (Å²) in [6.45, 7) is 4.36. The van der Waals surface area contributed by atoms with Crippen LogP contribution < -0.4 is 5.32 Å². The number of nitrogens with zero attached hydrogens (tertiary/aromatic N) is 1. The fraction of sp³-hybridized carbons (Fsp3) is 0.312. The maximum Gasteiger partial charge on any atom is 0.180 e. The molecule has 4 nitrogen and oxygen atoms in total. The first-order valence-electron chi connectivity index (χ1n) is 7.00. The van der Waals surface area contributed by atoms with Crippen molar-refractivity contribution in [2.24, 2.45) is 0 Å². The molecule has 1 aromatic carbocycles. The lowest BCUT2D eigenvalue weighted by Gasteiger charge is -2.12. The molecule has 0 aliphatic rings. The van der Waals surface area contributed by atoms with Gasteiger partial charge in [0.1, 0.15) is 0 Å². The molecule has 0 radical (unpaired) electrons. The summed E-state index contributed by atoms with van der Waals surface area (Å²) in [5, 5.41) is 3.19. The van der Waals surface area contributed by atoms with Gasteiger partial charge in [-0.2, -0.15) is 0 Å². The number of benzene rings is 1. The monoisotopic (exact) mass is 304 g/mol. The lowest BCUT2D eigenvalue weighted by molar-refractivity contribution is 0.595. The Labute approximate surface area is 126 Å². The summed E-state index contributed by atoms with van der Waals surface area (Å²) in [7, 11) is -3.24. The number of para-hydroxylation sites is 1. The van der Waals surface area contributed by atoms with Gasteiger partial charge in [-0.3, -0.25) is 4.98 Å². The van der Waals surface area contributed by atoms with Crippen LogP contribution in [0.3, 0.4) is 0 Å². The minimum atomic E-state index is -3.24. The van der Waals surface area contributed by atoms with Crippen molar-refractivity contribution in [1.29, 1.82) is 0 Å². The van der Waals surface area contributed by atoms with Gasteiger partial charge in [-0.25, -0.2) is 8.42 Å². The van der Waals surface area contributed by atoms with Crippen molar-refractivity contribution in [1.82, 2.24) is 4.98 Å². The minimum Gasteiger partial charge on any atom is -0.378 e. The van der Waals surface area contributed by atoms with E-state index in [1.165, 1.54) is 0 Å². The van der Waals surface area contributed by atoms with Crippen molar-refractivity contribution in [3.05, 3.63) is 53.9 Å². The Morgan fingerprint density at radius 2 is 1.90 bits per heavy atom. The van der Waals surface area contributed by atoms with Crippen LogP contribution in [0.5, 0.6) is 0 Å². The van der Waals surface area contributed by atoms with Crippen LogP contribution in [0.15, 0.2) is 47.5 Å². The molecule has 1 aromatic heterocycles. The van der Waals surface area contributed by atoms with Crippen molar-refractivity contribution in [3.63, 3.8) is 0 Å². The molecule has 0 aliphatic carbocycles. The topological polar surface area (TPSA) is 59.1 Å². The second kappa shape index (κ2) is 6.72. The predicted molar refractivity (Wildman–Crippen MR) is 85.1 cm³/mol. The van der Waals surface area contributed by atoms with Crippen molar-refractivity contribution in [2.75, 3.05) is 11.1 Å². The zero-order valence-corrected chi connectivity index (χ0v) is 13.2. The van der Waals surface area contributed by atoms with E-state index in [0.29, 0.717) is 23.5 Å². The van der Waals surface area contributed by atoms with E-state index in [0.717, 1.165) is 11.3 Å². The fourth-order valence-electron chi connectivity index (χ4n) is 2.14. The van der Waals surface area contributed by atoms with Crippen LogP contribution in [-0.2, 0) is 16.4 Å². The first-order valence-corrected chi connectivity index (χ1v) is 8.66. The standard InChI is InChI=1S/C16H20N2O2S/c1-3-11-21(19,20)16-9-5-4-8-14(16)18-12-15-13(2)7-6-10-17-15/h4-10,18H,3,11-12H2,1-2H3. The van der Waals surface area contributed by atoms with E-state index < -0.39 is 9.84 Å².